The maximum absolute atomic E-state index is 13.0. The van der Waals surface area contributed by atoms with E-state index >= 15 is 0 Å². The molecule has 1 aromatic rings. The van der Waals surface area contributed by atoms with E-state index in [1.807, 2.05) is 0 Å². The molecule has 1 aliphatic rings. The average molecular weight is 295 g/mol. The number of likely N-dealkylation sites (tertiary alicyclic amines) is 1. The Balaban J connectivity index is 1.70. The monoisotopic (exact) mass is 295 g/mol. The first-order valence-corrected chi connectivity index (χ1v) is 7.44. The molecule has 6 heteroatoms. The average Bonchev–Trinajstić information content (AvgIpc) is 2.51. The lowest BCUT2D eigenvalue weighted by atomic mass is 10.0. The molecule has 116 valence electrons. The number of nitrogens with zero attached hydrogens (tertiary/aromatic N) is 2. The van der Waals surface area contributed by atoms with Crippen LogP contribution in [0, 0.1) is 5.82 Å². The third kappa shape index (κ3) is 4.75. The summed E-state index contributed by atoms with van der Waals surface area (Å²) in [6.07, 6.45) is 6.61. The van der Waals surface area contributed by atoms with Crippen molar-refractivity contribution < 1.29 is 14.3 Å². The van der Waals surface area contributed by atoms with E-state index in [1.54, 1.807) is 0 Å². The summed E-state index contributed by atoms with van der Waals surface area (Å²) in [7, 11) is 0. The van der Waals surface area contributed by atoms with Gasteiger partial charge in [0, 0.05) is 25.3 Å². The first kappa shape index (κ1) is 15.9. The molecule has 21 heavy (non-hydrogen) atoms. The van der Waals surface area contributed by atoms with E-state index in [1.165, 1.54) is 18.7 Å². The highest BCUT2D eigenvalue weighted by atomic mass is 19.1. The topological polar surface area (TPSA) is 65.5 Å². The number of piperidine rings is 1. The number of halogens is 1. The van der Waals surface area contributed by atoms with Gasteiger partial charge in [-0.25, -0.2) is 4.39 Å². The van der Waals surface area contributed by atoms with Crippen LogP contribution in [0.2, 0.25) is 0 Å². The standard InChI is InChI=1S/C15H22FN3O2/c16-13-8-12(9-17-10-13)15(21)18-5-3-7-19-6-2-1-4-14(19)11-20/h8-10,14,20H,1-7,11H2,(H,18,21)/t14-/m0/s1. The van der Waals surface area contributed by atoms with Gasteiger partial charge in [0.05, 0.1) is 18.4 Å². The zero-order chi connectivity index (χ0) is 15.1. The predicted octanol–water partition coefficient (Wildman–Crippen LogP) is 1.19. The molecule has 0 aromatic carbocycles. The van der Waals surface area contributed by atoms with E-state index < -0.39 is 5.82 Å². The summed E-state index contributed by atoms with van der Waals surface area (Å²) in [5.74, 6) is -0.818. The fourth-order valence-electron chi connectivity index (χ4n) is 2.68. The van der Waals surface area contributed by atoms with Crippen LogP contribution in [0.25, 0.3) is 0 Å². The van der Waals surface area contributed by atoms with E-state index in [0.717, 1.165) is 38.5 Å². The Labute approximate surface area is 124 Å². The molecule has 0 saturated carbocycles. The smallest absolute Gasteiger partial charge is 0.252 e. The maximum atomic E-state index is 13.0. The highest BCUT2D eigenvalue weighted by Crippen LogP contribution is 2.16. The number of hydrogen-bond donors (Lipinski definition) is 2. The number of amides is 1. The zero-order valence-corrected chi connectivity index (χ0v) is 12.1. The number of aliphatic hydroxyl groups is 1. The summed E-state index contributed by atoms with van der Waals surface area (Å²) in [6.45, 7) is 2.59. The summed E-state index contributed by atoms with van der Waals surface area (Å²) in [4.78, 5) is 17.7. The van der Waals surface area contributed by atoms with Gasteiger partial charge in [0.25, 0.3) is 5.91 Å². The summed E-state index contributed by atoms with van der Waals surface area (Å²) < 4.78 is 13.0. The van der Waals surface area contributed by atoms with Crippen molar-refractivity contribution in [2.24, 2.45) is 0 Å². The number of pyridine rings is 1. The lowest BCUT2D eigenvalue weighted by molar-refractivity contribution is 0.0868. The highest BCUT2D eigenvalue weighted by molar-refractivity contribution is 5.93. The minimum Gasteiger partial charge on any atom is -0.395 e. The molecule has 1 aliphatic heterocycles. The summed E-state index contributed by atoms with van der Waals surface area (Å²) >= 11 is 0. The minimum atomic E-state index is -0.512. The number of hydrogen-bond acceptors (Lipinski definition) is 4. The van der Waals surface area contributed by atoms with Crippen molar-refractivity contribution in [3.05, 3.63) is 29.8 Å². The fourth-order valence-corrected chi connectivity index (χ4v) is 2.68. The first-order valence-electron chi connectivity index (χ1n) is 7.44. The van der Waals surface area contributed by atoms with Gasteiger partial charge >= 0.3 is 0 Å². The molecule has 2 rings (SSSR count). The van der Waals surface area contributed by atoms with Crippen molar-refractivity contribution in [2.45, 2.75) is 31.7 Å². The van der Waals surface area contributed by atoms with Gasteiger partial charge in [-0.3, -0.25) is 14.7 Å². The third-order valence-corrected chi connectivity index (χ3v) is 3.83. The van der Waals surface area contributed by atoms with Crippen LogP contribution in [0.1, 0.15) is 36.0 Å². The van der Waals surface area contributed by atoms with E-state index in [-0.39, 0.29) is 24.1 Å². The highest BCUT2D eigenvalue weighted by Gasteiger charge is 2.20. The fraction of sp³-hybridized carbons (Fsp3) is 0.600. The summed E-state index contributed by atoms with van der Waals surface area (Å²) in [6, 6.07) is 1.43. The lowest BCUT2D eigenvalue weighted by Crippen LogP contribution is -2.43. The van der Waals surface area contributed by atoms with Crippen molar-refractivity contribution in [1.29, 1.82) is 0 Å². The molecular weight excluding hydrogens is 273 g/mol. The van der Waals surface area contributed by atoms with E-state index in [2.05, 4.69) is 15.2 Å². The Morgan fingerprint density at radius 2 is 2.33 bits per heavy atom. The molecule has 1 fully saturated rings. The maximum Gasteiger partial charge on any atom is 0.252 e. The van der Waals surface area contributed by atoms with Gasteiger partial charge in [0.15, 0.2) is 0 Å². The number of carbonyl (C=O) groups is 1. The molecule has 0 bridgehead atoms. The Morgan fingerprint density at radius 1 is 1.48 bits per heavy atom. The molecule has 0 spiro atoms. The van der Waals surface area contributed by atoms with Crippen molar-refractivity contribution in [2.75, 3.05) is 26.2 Å². The molecule has 1 atom stereocenters. The van der Waals surface area contributed by atoms with Gasteiger partial charge in [-0.1, -0.05) is 6.42 Å². The second-order valence-corrected chi connectivity index (χ2v) is 5.37. The predicted molar refractivity (Wildman–Crippen MR) is 77.4 cm³/mol. The molecule has 2 N–H and O–H groups in total. The number of aliphatic hydroxyl groups excluding tert-OH is 1. The number of nitrogens with one attached hydrogen (secondary N) is 1. The van der Waals surface area contributed by atoms with Crippen molar-refractivity contribution >= 4 is 5.91 Å². The Morgan fingerprint density at radius 3 is 3.10 bits per heavy atom. The second kappa shape index (κ2) is 8.05. The third-order valence-electron chi connectivity index (χ3n) is 3.83. The number of aromatic nitrogens is 1. The van der Waals surface area contributed by atoms with Gasteiger partial charge in [-0.05, 0) is 31.9 Å². The largest absolute Gasteiger partial charge is 0.395 e. The van der Waals surface area contributed by atoms with Crippen LogP contribution in [0.3, 0.4) is 0 Å². The van der Waals surface area contributed by atoms with Gasteiger partial charge < -0.3 is 10.4 Å². The molecule has 0 unspecified atom stereocenters. The van der Waals surface area contributed by atoms with Gasteiger partial charge in [-0.15, -0.1) is 0 Å². The van der Waals surface area contributed by atoms with Crippen LogP contribution >= 0.6 is 0 Å². The zero-order valence-electron chi connectivity index (χ0n) is 12.1. The van der Waals surface area contributed by atoms with Crippen molar-refractivity contribution in [1.82, 2.24) is 15.2 Å². The summed E-state index contributed by atoms with van der Waals surface area (Å²) in [5.41, 5.74) is 0.237. The molecule has 0 radical (unpaired) electrons. The van der Waals surface area contributed by atoms with Crippen molar-refractivity contribution in [3.63, 3.8) is 0 Å². The minimum absolute atomic E-state index is 0.196. The Hall–Kier alpha value is -1.53. The van der Waals surface area contributed by atoms with E-state index in [0.29, 0.717) is 6.54 Å². The molecule has 1 saturated heterocycles. The number of carbonyl (C=O) groups excluding carboxylic acids is 1. The van der Waals surface area contributed by atoms with E-state index in [4.69, 9.17) is 0 Å². The van der Waals surface area contributed by atoms with Crippen LogP contribution in [-0.4, -0.2) is 53.2 Å². The molecular formula is C15H22FN3O2. The summed E-state index contributed by atoms with van der Waals surface area (Å²) in [5, 5.41) is 12.1. The Kier molecular flexibility index (Phi) is 6.07. The van der Waals surface area contributed by atoms with Crippen LogP contribution < -0.4 is 5.32 Å². The quantitative estimate of drug-likeness (QED) is 0.774. The van der Waals surface area contributed by atoms with Gasteiger partial charge in [-0.2, -0.15) is 0 Å². The van der Waals surface area contributed by atoms with E-state index in [9.17, 15) is 14.3 Å². The SMILES string of the molecule is O=C(NCCCN1CCCC[C@H]1CO)c1cncc(F)c1. The van der Waals surface area contributed by atoms with Crippen LogP contribution in [0.5, 0.6) is 0 Å². The van der Waals surface area contributed by atoms with Crippen LogP contribution in [0.4, 0.5) is 4.39 Å². The first-order chi connectivity index (χ1) is 10.2. The Bertz CT molecular complexity index is 470. The van der Waals surface area contributed by atoms with Crippen molar-refractivity contribution in [3.8, 4) is 0 Å². The van der Waals surface area contributed by atoms with Crippen LogP contribution in [-0.2, 0) is 0 Å². The molecule has 5 nitrogen and oxygen atoms in total. The molecule has 0 aliphatic carbocycles. The molecule has 1 amide bonds. The lowest BCUT2D eigenvalue weighted by Gasteiger charge is -2.34. The molecule has 1 aromatic heterocycles. The number of rotatable bonds is 6. The second-order valence-electron chi connectivity index (χ2n) is 5.37. The normalized spacial score (nSPS) is 19.4. The van der Waals surface area contributed by atoms with Crippen LogP contribution in [0.15, 0.2) is 18.5 Å². The van der Waals surface area contributed by atoms with Gasteiger partial charge in [0.2, 0.25) is 0 Å². The van der Waals surface area contributed by atoms with Gasteiger partial charge in [0.1, 0.15) is 5.82 Å². The molecule has 2 heterocycles.